The molecule has 1 aromatic carbocycles. The van der Waals surface area contributed by atoms with E-state index < -0.39 is 11.9 Å². The summed E-state index contributed by atoms with van der Waals surface area (Å²) in [4.78, 5) is 0. The van der Waals surface area contributed by atoms with E-state index in [1.807, 2.05) is 0 Å². The summed E-state index contributed by atoms with van der Waals surface area (Å²) in [6, 6.07) is 2.94. The van der Waals surface area contributed by atoms with Gasteiger partial charge in [0.15, 0.2) is 5.82 Å². The average Bonchev–Trinajstić information content (AvgIpc) is 2.13. The highest BCUT2D eigenvalue weighted by molar-refractivity contribution is 9.10. The largest absolute Gasteiger partial charge is 0.387 e. The minimum atomic E-state index is -0.686. The number of aliphatic hydroxyl groups excluding tert-OH is 1. The first-order valence-corrected chi connectivity index (χ1v) is 5.20. The molecule has 78 valence electrons. The quantitative estimate of drug-likeness (QED) is 0.835. The number of benzene rings is 1. The van der Waals surface area contributed by atoms with Crippen molar-refractivity contribution in [2.24, 2.45) is 0 Å². The van der Waals surface area contributed by atoms with Crippen LogP contribution in [0.3, 0.4) is 0 Å². The van der Waals surface area contributed by atoms with Crippen LogP contribution in [0, 0.1) is 5.82 Å². The van der Waals surface area contributed by atoms with Crippen molar-refractivity contribution in [2.45, 2.75) is 6.10 Å². The Kier molecular flexibility index (Phi) is 4.31. The Balaban J connectivity index is 3.00. The van der Waals surface area contributed by atoms with Crippen molar-refractivity contribution < 1.29 is 9.50 Å². The molecule has 0 aliphatic rings. The van der Waals surface area contributed by atoms with Crippen molar-refractivity contribution >= 4 is 27.5 Å². The molecule has 5 heteroatoms. The van der Waals surface area contributed by atoms with Crippen LogP contribution >= 0.6 is 27.5 Å². The summed E-state index contributed by atoms with van der Waals surface area (Å²) in [6.07, 6.45) is -0.686. The zero-order valence-electron chi connectivity index (χ0n) is 7.52. The molecule has 1 unspecified atom stereocenters. The van der Waals surface area contributed by atoms with Crippen LogP contribution in [0.5, 0.6) is 0 Å². The van der Waals surface area contributed by atoms with Crippen LogP contribution in [-0.2, 0) is 0 Å². The minimum Gasteiger partial charge on any atom is -0.387 e. The van der Waals surface area contributed by atoms with Gasteiger partial charge in [-0.3, -0.25) is 0 Å². The second kappa shape index (κ2) is 5.07. The van der Waals surface area contributed by atoms with Gasteiger partial charge >= 0.3 is 0 Å². The molecule has 0 aromatic heterocycles. The van der Waals surface area contributed by atoms with E-state index in [9.17, 15) is 9.50 Å². The molecule has 0 saturated heterocycles. The minimum absolute atomic E-state index is 0.00419. The summed E-state index contributed by atoms with van der Waals surface area (Å²) in [5, 5.41) is 12.4. The molecule has 0 bridgehead atoms. The molecule has 2 N–H and O–H groups in total. The number of likely N-dealkylation sites (N-methyl/N-ethyl adjacent to an activating group) is 1. The summed E-state index contributed by atoms with van der Waals surface area (Å²) in [5.74, 6) is -0.507. The third-order valence-electron chi connectivity index (χ3n) is 1.79. The van der Waals surface area contributed by atoms with Gasteiger partial charge in [-0.15, -0.1) is 0 Å². The smallest absolute Gasteiger partial charge is 0.155 e. The van der Waals surface area contributed by atoms with Gasteiger partial charge in [0.2, 0.25) is 0 Å². The lowest BCUT2D eigenvalue weighted by Gasteiger charge is -2.11. The van der Waals surface area contributed by atoms with Crippen molar-refractivity contribution in [2.75, 3.05) is 13.6 Å². The second-order valence-corrected chi connectivity index (χ2v) is 4.13. The predicted molar refractivity (Wildman–Crippen MR) is 58.0 cm³/mol. The van der Waals surface area contributed by atoms with Gasteiger partial charge in [-0.05, 0) is 40.7 Å². The van der Waals surface area contributed by atoms with Crippen LogP contribution in [0.15, 0.2) is 16.6 Å². The zero-order valence-corrected chi connectivity index (χ0v) is 9.86. The standard InChI is InChI=1S/C9H10BrClFNO/c1-13-4-8(14)5-2-6(10)9(12)7(11)3-5/h2-3,8,13-14H,4H2,1H3. The Hall–Kier alpha value is -0.160. The maximum atomic E-state index is 13.1. The maximum Gasteiger partial charge on any atom is 0.155 e. The fourth-order valence-corrected chi connectivity index (χ4v) is 1.90. The van der Waals surface area contributed by atoms with Gasteiger partial charge in [0, 0.05) is 6.54 Å². The van der Waals surface area contributed by atoms with Crippen LogP contribution in [0.2, 0.25) is 5.02 Å². The van der Waals surface area contributed by atoms with Gasteiger partial charge < -0.3 is 10.4 Å². The first-order chi connectivity index (χ1) is 6.56. The molecule has 0 aliphatic heterocycles. The molecule has 1 atom stereocenters. The number of rotatable bonds is 3. The summed E-state index contributed by atoms with van der Waals surface area (Å²) in [5.41, 5.74) is 0.581. The van der Waals surface area contributed by atoms with E-state index in [4.69, 9.17) is 11.6 Å². The number of halogens is 3. The molecule has 2 nitrogen and oxygen atoms in total. The van der Waals surface area contributed by atoms with Gasteiger partial charge in [-0.1, -0.05) is 11.6 Å². The summed E-state index contributed by atoms with van der Waals surface area (Å²) < 4.78 is 13.3. The molecular formula is C9H10BrClFNO. The van der Waals surface area contributed by atoms with Crippen LogP contribution in [0.25, 0.3) is 0 Å². The van der Waals surface area contributed by atoms with E-state index >= 15 is 0 Å². The van der Waals surface area contributed by atoms with E-state index in [0.717, 1.165) is 0 Å². The van der Waals surface area contributed by atoms with Crippen molar-refractivity contribution in [1.82, 2.24) is 5.32 Å². The maximum absolute atomic E-state index is 13.1. The molecule has 1 rings (SSSR count). The molecule has 0 radical (unpaired) electrons. The molecule has 0 aliphatic carbocycles. The number of aliphatic hydroxyl groups is 1. The summed E-state index contributed by atoms with van der Waals surface area (Å²) in [6.45, 7) is 0.397. The Morgan fingerprint density at radius 2 is 2.29 bits per heavy atom. The van der Waals surface area contributed by atoms with Gasteiger partial charge in [0.05, 0.1) is 15.6 Å². The molecule has 0 amide bonds. The molecule has 1 aromatic rings. The van der Waals surface area contributed by atoms with Crippen LogP contribution in [0.1, 0.15) is 11.7 Å². The Labute approximate surface area is 95.2 Å². The second-order valence-electron chi connectivity index (χ2n) is 2.87. The summed E-state index contributed by atoms with van der Waals surface area (Å²) >= 11 is 8.65. The molecular weight excluding hydrogens is 272 g/mol. The van der Waals surface area contributed by atoms with Gasteiger partial charge in [0.25, 0.3) is 0 Å². The first kappa shape index (κ1) is 11.9. The molecule has 0 heterocycles. The number of hydrogen-bond donors (Lipinski definition) is 2. The van der Waals surface area contributed by atoms with Gasteiger partial charge in [-0.25, -0.2) is 4.39 Å². The van der Waals surface area contributed by atoms with Crippen molar-refractivity contribution in [3.63, 3.8) is 0 Å². The summed E-state index contributed by atoms with van der Waals surface area (Å²) in [7, 11) is 1.73. The van der Waals surface area contributed by atoms with E-state index in [1.165, 1.54) is 12.1 Å². The number of nitrogens with one attached hydrogen (secondary N) is 1. The Bertz CT molecular complexity index is 312. The first-order valence-electron chi connectivity index (χ1n) is 4.03. The Morgan fingerprint density at radius 3 is 2.79 bits per heavy atom. The molecule has 0 spiro atoms. The van der Waals surface area contributed by atoms with Crippen molar-refractivity contribution in [3.8, 4) is 0 Å². The van der Waals surface area contributed by atoms with Gasteiger partial charge in [-0.2, -0.15) is 0 Å². The van der Waals surface area contributed by atoms with Crippen LogP contribution in [-0.4, -0.2) is 18.7 Å². The van der Waals surface area contributed by atoms with Crippen LogP contribution < -0.4 is 5.32 Å². The van der Waals surface area contributed by atoms with E-state index in [0.29, 0.717) is 12.1 Å². The highest BCUT2D eigenvalue weighted by atomic mass is 79.9. The third kappa shape index (κ3) is 2.67. The van der Waals surface area contributed by atoms with E-state index in [-0.39, 0.29) is 9.50 Å². The van der Waals surface area contributed by atoms with Crippen LogP contribution in [0.4, 0.5) is 4.39 Å². The van der Waals surface area contributed by atoms with Crippen molar-refractivity contribution in [1.29, 1.82) is 0 Å². The predicted octanol–water partition coefficient (Wildman–Crippen LogP) is 2.49. The highest BCUT2D eigenvalue weighted by Gasteiger charge is 2.12. The van der Waals surface area contributed by atoms with E-state index in [2.05, 4.69) is 21.2 Å². The fourth-order valence-electron chi connectivity index (χ4n) is 1.08. The molecule has 0 saturated carbocycles. The fraction of sp³-hybridized carbons (Fsp3) is 0.333. The number of hydrogen-bond acceptors (Lipinski definition) is 2. The Morgan fingerprint density at radius 1 is 1.64 bits per heavy atom. The molecule has 14 heavy (non-hydrogen) atoms. The average molecular weight is 283 g/mol. The van der Waals surface area contributed by atoms with E-state index in [1.54, 1.807) is 7.05 Å². The lowest BCUT2D eigenvalue weighted by atomic mass is 10.1. The van der Waals surface area contributed by atoms with Crippen molar-refractivity contribution in [3.05, 3.63) is 33.0 Å². The normalized spacial score (nSPS) is 12.9. The third-order valence-corrected chi connectivity index (χ3v) is 2.64. The van der Waals surface area contributed by atoms with Gasteiger partial charge in [0.1, 0.15) is 0 Å². The zero-order chi connectivity index (χ0) is 10.7. The lowest BCUT2D eigenvalue weighted by Crippen LogP contribution is -2.16. The molecule has 0 fully saturated rings. The highest BCUT2D eigenvalue weighted by Crippen LogP contribution is 2.27. The topological polar surface area (TPSA) is 32.3 Å². The lowest BCUT2D eigenvalue weighted by molar-refractivity contribution is 0.177. The monoisotopic (exact) mass is 281 g/mol. The SMILES string of the molecule is CNCC(O)c1cc(Cl)c(F)c(Br)c1.